The average Bonchev–Trinajstić information content (AvgIpc) is 3.12. The van der Waals surface area contributed by atoms with E-state index in [1.54, 1.807) is 49.6 Å². The zero-order valence-electron chi connectivity index (χ0n) is 15.3. The smallest absolute Gasteiger partial charge is 0.255 e. The van der Waals surface area contributed by atoms with Crippen LogP contribution in [0, 0.1) is 6.92 Å². The molecule has 1 heterocycles. The molecule has 1 amide bonds. The quantitative estimate of drug-likeness (QED) is 0.482. The Balaban J connectivity index is 1.67. The molecular formula is C22H17ClN2O3. The number of methoxy groups -OCH3 is 1. The van der Waals surface area contributed by atoms with Crippen molar-refractivity contribution >= 4 is 34.3 Å². The van der Waals surface area contributed by atoms with E-state index in [0.29, 0.717) is 39.0 Å². The van der Waals surface area contributed by atoms with Crippen LogP contribution in [0.2, 0.25) is 5.02 Å². The summed E-state index contributed by atoms with van der Waals surface area (Å²) in [6.07, 6.45) is 0. The van der Waals surface area contributed by atoms with E-state index >= 15 is 0 Å². The van der Waals surface area contributed by atoms with Gasteiger partial charge in [0.05, 0.1) is 7.11 Å². The summed E-state index contributed by atoms with van der Waals surface area (Å²) in [4.78, 5) is 17.2. The Kier molecular flexibility index (Phi) is 4.75. The highest BCUT2D eigenvalue weighted by atomic mass is 35.5. The number of nitrogens with one attached hydrogen (secondary N) is 1. The molecule has 4 aromatic rings. The van der Waals surface area contributed by atoms with Crippen LogP contribution < -0.4 is 10.1 Å². The Hall–Kier alpha value is -3.31. The van der Waals surface area contributed by atoms with Gasteiger partial charge in [0.1, 0.15) is 11.3 Å². The maximum absolute atomic E-state index is 12.6. The van der Waals surface area contributed by atoms with Gasteiger partial charge in [0, 0.05) is 21.8 Å². The second kappa shape index (κ2) is 7.37. The standard InChI is InChI=1S/C22H17ClN2O3/c1-13-17(22-25-19-12-15(23)9-10-20(19)28-22)7-4-8-18(13)24-21(26)14-5-3-6-16(11-14)27-2/h3-12H,1-2H3,(H,24,26). The molecule has 0 aliphatic carbocycles. The van der Waals surface area contributed by atoms with Crippen LogP contribution in [0.4, 0.5) is 5.69 Å². The second-order valence-electron chi connectivity index (χ2n) is 6.30. The minimum Gasteiger partial charge on any atom is -0.497 e. The summed E-state index contributed by atoms with van der Waals surface area (Å²) in [6.45, 7) is 1.92. The molecule has 3 aromatic carbocycles. The molecule has 0 radical (unpaired) electrons. The predicted octanol–water partition coefficient (Wildman–Crippen LogP) is 5.72. The highest BCUT2D eigenvalue weighted by molar-refractivity contribution is 6.31. The van der Waals surface area contributed by atoms with Crippen LogP contribution in [-0.2, 0) is 0 Å². The topological polar surface area (TPSA) is 64.4 Å². The fourth-order valence-electron chi connectivity index (χ4n) is 2.98. The number of ether oxygens (including phenoxy) is 1. The number of hydrogen-bond donors (Lipinski definition) is 1. The summed E-state index contributed by atoms with van der Waals surface area (Å²) in [6, 6.07) is 17.9. The molecule has 1 aromatic heterocycles. The van der Waals surface area contributed by atoms with Gasteiger partial charge in [-0.25, -0.2) is 4.98 Å². The molecule has 0 bridgehead atoms. The molecule has 0 saturated carbocycles. The summed E-state index contributed by atoms with van der Waals surface area (Å²) in [5.74, 6) is 0.888. The number of carbonyl (C=O) groups excluding carboxylic acids is 1. The van der Waals surface area contributed by atoms with E-state index in [-0.39, 0.29) is 5.91 Å². The van der Waals surface area contributed by atoms with Gasteiger partial charge in [0.2, 0.25) is 5.89 Å². The molecule has 140 valence electrons. The third kappa shape index (κ3) is 3.44. The van der Waals surface area contributed by atoms with E-state index in [1.807, 2.05) is 25.1 Å². The monoisotopic (exact) mass is 392 g/mol. The number of hydrogen-bond acceptors (Lipinski definition) is 4. The van der Waals surface area contributed by atoms with Crippen LogP contribution in [0.15, 0.2) is 65.1 Å². The Bertz CT molecular complexity index is 1180. The number of anilines is 1. The first-order chi connectivity index (χ1) is 13.5. The fourth-order valence-corrected chi connectivity index (χ4v) is 3.14. The van der Waals surface area contributed by atoms with Gasteiger partial charge >= 0.3 is 0 Å². The van der Waals surface area contributed by atoms with Crippen molar-refractivity contribution < 1.29 is 13.9 Å². The van der Waals surface area contributed by atoms with Crippen LogP contribution >= 0.6 is 11.6 Å². The number of benzene rings is 3. The van der Waals surface area contributed by atoms with Gasteiger partial charge < -0.3 is 14.5 Å². The van der Waals surface area contributed by atoms with Crippen molar-refractivity contribution in [2.45, 2.75) is 6.92 Å². The molecule has 4 rings (SSSR count). The van der Waals surface area contributed by atoms with Gasteiger partial charge in [-0.1, -0.05) is 23.7 Å². The Morgan fingerprint density at radius 3 is 2.75 bits per heavy atom. The summed E-state index contributed by atoms with van der Waals surface area (Å²) in [5, 5.41) is 3.55. The highest BCUT2D eigenvalue weighted by Gasteiger charge is 2.15. The molecule has 0 atom stereocenters. The van der Waals surface area contributed by atoms with Crippen LogP contribution in [-0.4, -0.2) is 18.0 Å². The summed E-state index contributed by atoms with van der Waals surface area (Å²) in [7, 11) is 1.57. The van der Waals surface area contributed by atoms with Crippen molar-refractivity contribution in [2.24, 2.45) is 0 Å². The molecule has 1 N–H and O–H groups in total. The Morgan fingerprint density at radius 1 is 1.11 bits per heavy atom. The van der Waals surface area contributed by atoms with E-state index in [0.717, 1.165) is 11.1 Å². The molecule has 0 unspecified atom stereocenters. The first kappa shape index (κ1) is 18.1. The third-order valence-electron chi connectivity index (χ3n) is 4.49. The lowest BCUT2D eigenvalue weighted by molar-refractivity contribution is 0.102. The molecule has 0 spiro atoms. The predicted molar refractivity (Wildman–Crippen MR) is 110 cm³/mol. The van der Waals surface area contributed by atoms with Crippen molar-refractivity contribution in [1.29, 1.82) is 0 Å². The van der Waals surface area contributed by atoms with Crippen LogP contribution in [0.5, 0.6) is 5.75 Å². The lowest BCUT2D eigenvalue weighted by atomic mass is 10.1. The SMILES string of the molecule is COc1cccc(C(=O)Nc2cccc(-c3nc4cc(Cl)ccc4o3)c2C)c1. The van der Waals surface area contributed by atoms with Crippen molar-refractivity contribution in [3.8, 4) is 17.2 Å². The van der Waals surface area contributed by atoms with Gasteiger partial charge in [0.25, 0.3) is 5.91 Å². The van der Waals surface area contributed by atoms with Gasteiger partial charge in [-0.3, -0.25) is 4.79 Å². The van der Waals surface area contributed by atoms with Crippen LogP contribution in [0.25, 0.3) is 22.6 Å². The van der Waals surface area contributed by atoms with E-state index in [2.05, 4.69) is 10.3 Å². The van der Waals surface area contributed by atoms with Crippen molar-refractivity contribution in [2.75, 3.05) is 12.4 Å². The first-order valence-electron chi connectivity index (χ1n) is 8.66. The van der Waals surface area contributed by atoms with Gasteiger partial charge in [-0.05, 0) is 61.0 Å². The number of amides is 1. The van der Waals surface area contributed by atoms with Gasteiger partial charge in [0.15, 0.2) is 5.58 Å². The molecule has 0 aliphatic heterocycles. The number of aromatic nitrogens is 1. The van der Waals surface area contributed by atoms with Crippen molar-refractivity contribution in [1.82, 2.24) is 4.98 Å². The summed E-state index contributed by atoms with van der Waals surface area (Å²) >= 11 is 6.03. The maximum Gasteiger partial charge on any atom is 0.255 e. The Morgan fingerprint density at radius 2 is 1.93 bits per heavy atom. The van der Waals surface area contributed by atoms with E-state index in [1.165, 1.54) is 0 Å². The molecule has 6 heteroatoms. The molecule has 5 nitrogen and oxygen atoms in total. The normalized spacial score (nSPS) is 10.8. The number of carbonyl (C=O) groups is 1. The number of fused-ring (bicyclic) bond motifs is 1. The third-order valence-corrected chi connectivity index (χ3v) is 4.73. The van der Waals surface area contributed by atoms with Gasteiger partial charge in [-0.2, -0.15) is 0 Å². The minimum absolute atomic E-state index is 0.219. The Labute approximate surface area is 166 Å². The first-order valence-corrected chi connectivity index (χ1v) is 9.04. The van der Waals surface area contributed by atoms with E-state index in [9.17, 15) is 4.79 Å². The second-order valence-corrected chi connectivity index (χ2v) is 6.73. The van der Waals surface area contributed by atoms with E-state index < -0.39 is 0 Å². The zero-order chi connectivity index (χ0) is 19.7. The van der Waals surface area contributed by atoms with Crippen molar-refractivity contribution in [3.05, 3.63) is 76.8 Å². The summed E-state index contributed by atoms with van der Waals surface area (Å²) in [5.41, 5.74) is 4.20. The number of rotatable bonds is 4. The number of halogens is 1. The lowest BCUT2D eigenvalue weighted by Crippen LogP contribution is -2.13. The van der Waals surface area contributed by atoms with Crippen LogP contribution in [0.1, 0.15) is 15.9 Å². The minimum atomic E-state index is -0.219. The highest BCUT2D eigenvalue weighted by Crippen LogP contribution is 2.31. The van der Waals surface area contributed by atoms with E-state index in [4.69, 9.17) is 20.8 Å². The molecule has 0 aliphatic rings. The number of oxazole rings is 1. The van der Waals surface area contributed by atoms with Gasteiger partial charge in [-0.15, -0.1) is 0 Å². The summed E-state index contributed by atoms with van der Waals surface area (Å²) < 4.78 is 11.0. The lowest BCUT2D eigenvalue weighted by Gasteiger charge is -2.11. The van der Waals surface area contributed by atoms with Crippen molar-refractivity contribution in [3.63, 3.8) is 0 Å². The molecular weight excluding hydrogens is 376 g/mol. The molecule has 0 saturated heterocycles. The molecule has 0 fully saturated rings. The maximum atomic E-state index is 12.6. The zero-order valence-corrected chi connectivity index (χ0v) is 16.1. The molecule has 28 heavy (non-hydrogen) atoms. The van der Waals surface area contributed by atoms with Crippen LogP contribution in [0.3, 0.4) is 0 Å². The largest absolute Gasteiger partial charge is 0.497 e. The number of nitrogens with zero attached hydrogens (tertiary/aromatic N) is 1. The fraction of sp³-hybridized carbons (Fsp3) is 0.0909. The average molecular weight is 393 g/mol.